The number of urea groups is 1. The fourth-order valence-electron chi connectivity index (χ4n) is 5.46. The quantitative estimate of drug-likeness (QED) is 0.227. The lowest BCUT2D eigenvalue weighted by atomic mass is 10.0. The van der Waals surface area contributed by atoms with E-state index in [1.165, 1.54) is 0 Å². The molecule has 7 nitrogen and oxygen atoms in total. The van der Waals surface area contributed by atoms with E-state index in [1.807, 2.05) is 92.7 Å². The molecule has 0 bridgehead atoms. The van der Waals surface area contributed by atoms with E-state index in [0.29, 0.717) is 11.3 Å². The third kappa shape index (κ3) is 6.74. The van der Waals surface area contributed by atoms with E-state index in [-0.39, 0.29) is 25.1 Å². The Morgan fingerprint density at radius 2 is 1.44 bits per heavy atom. The minimum absolute atomic E-state index is 0.0745. The van der Waals surface area contributed by atoms with Crippen LogP contribution >= 0.6 is 0 Å². The maximum absolute atomic E-state index is 14.2. The molecule has 0 radical (unpaired) electrons. The average Bonchev–Trinajstić information content (AvgIpc) is 3.51. The molecule has 0 aromatic heterocycles. The number of benzene rings is 4. The monoisotopic (exact) mass is 549 g/mol. The van der Waals surface area contributed by atoms with Crippen molar-refractivity contribution in [2.24, 2.45) is 0 Å². The molecule has 5 rings (SSSR count). The first-order chi connectivity index (χ1) is 19.9. The third-order valence-corrected chi connectivity index (χ3v) is 7.65. The molecule has 0 unspecified atom stereocenters. The molecule has 0 atom stereocenters. The number of esters is 1. The van der Waals surface area contributed by atoms with Gasteiger partial charge >= 0.3 is 12.0 Å². The minimum atomic E-state index is -0.461. The van der Waals surface area contributed by atoms with Crippen molar-refractivity contribution in [3.8, 4) is 0 Å². The standard InChI is InChI=1S/C34H35N3O4/c1-23-11-10-12-24(2)32(23)36-34(40)35-30-20-27-16-7-6-15-26(27)19-29(30)33(39)37(28-17-8-9-18-28)21-31(38)41-22-25-13-4-3-5-14-25/h3-7,10-16,19-20,28H,8-9,17-18,21-22H2,1-2H3,(H2,35,36,40). The summed E-state index contributed by atoms with van der Waals surface area (Å²) < 4.78 is 5.55. The molecule has 0 heterocycles. The van der Waals surface area contributed by atoms with Gasteiger partial charge in [0.15, 0.2) is 0 Å². The number of fused-ring (bicyclic) bond motifs is 1. The number of para-hydroxylation sites is 1. The molecule has 1 fully saturated rings. The van der Waals surface area contributed by atoms with Gasteiger partial charge in [0.05, 0.1) is 11.3 Å². The van der Waals surface area contributed by atoms with Gasteiger partial charge in [-0.05, 0) is 66.3 Å². The summed E-state index contributed by atoms with van der Waals surface area (Å²) >= 11 is 0. The van der Waals surface area contributed by atoms with Crippen LogP contribution in [0.2, 0.25) is 0 Å². The lowest BCUT2D eigenvalue weighted by Crippen LogP contribution is -2.43. The lowest BCUT2D eigenvalue weighted by molar-refractivity contribution is -0.146. The van der Waals surface area contributed by atoms with Crippen molar-refractivity contribution in [2.75, 3.05) is 17.2 Å². The van der Waals surface area contributed by atoms with Crippen molar-refractivity contribution in [1.82, 2.24) is 4.90 Å². The van der Waals surface area contributed by atoms with E-state index in [0.717, 1.165) is 58.8 Å². The molecule has 2 N–H and O–H groups in total. The van der Waals surface area contributed by atoms with Crippen LogP contribution in [-0.4, -0.2) is 35.4 Å². The lowest BCUT2D eigenvalue weighted by Gasteiger charge is -2.29. The second-order valence-corrected chi connectivity index (χ2v) is 10.6. The Kier molecular flexibility index (Phi) is 8.63. The van der Waals surface area contributed by atoms with Crippen molar-refractivity contribution in [1.29, 1.82) is 0 Å². The molecule has 7 heteroatoms. The summed E-state index contributed by atoms with van der Waals surface area (Å²) in [4.78, 5) is 42.0. The summed E-state index contributed by atoms with van der Waals surface area (Å²) in [5.41, 5.74) is 4.22. The van der Waals surface area contributed by atoms with E-state index in [4.69, 9.17) is 4.74 Å². The molecule has 1 aliphatic carbocycles. The summed E-state index contributed by atoms with van der Waals surface area (Å²) in [5.74, 6) is -0.765. The van der Waals surface area contributed by atoms with Gasteiger partial charge in [-0.3, -0.25) is 9.59 Å². The van der Waals surface area contributed by atoms with E-state index < -0.39 is 12.0 Å². The smallest absolute Gasteiger partial charge is 0.325 e. The van der Waals surface area contributed by atoms with Crippen molar-refractivity contribution < 1.29 is 19.1 Å². The van der Waals surface area contributed by atoms with Gasteiger partial charge in [0.2, 0.25) is 0 Å². The second kappa shape index (κ2) is 12.7. The van der Waals surface area contributed by atoms with Crippen LogP contribution in [0.5, 0.6) is 0 Å². The van der Waals surface area contributed by atoms with E-state index in [1.54, 1.807) is 11.0 Å². The van der Waals surface area contributed by atoms with Crippen LogP contribution in [0.15, 0.2) is 84.9 Å². The third-order valence-electron chi connectivity index (χ3n) is 7.65. The molecule has 0 aliphatic heterocycles. The predicted molar refractivity (Wildman–Crippen MR) is 162 cm³/mol. The van der Waals surface area contributed by atoms with Crippen LogP contribution in [0.1, 0.15) is 52.7 Å². The Hall–Kier alpha value is -4.65. The number of carbonyl (C=O) groups excluding carboxylic acids is 3. The fraction of sp³-hybridized carbons (Fsp3) is 0.265. The van der Waals surface area contributed by atoms with Crippen LogP contribution in [0.3, 0.4) is 0 Å². The molecule has 0 saturated heterocycles. The molecule has 1 saturated carbocycles. The summed E-state index contributed by atoms with van der Waals surface area (Å²) in [7, 11) is 0. The Labute approximate surface area is 240 Å². The topological polar surface area (TPSA) is 87.7 Å². The molecule has 0 spiro atoms. The van der Waals surface area contributed by atoms with E-state index >= 15 is 0 Å². The molecular weight excluding hydrogens is 514 g/mol. The van der Waals surface area contributed by atoms with Crippen LogP contribution in [0.25, 0.3) is 10.8 Å². The van der Waals surface area contributed by atoms with Gasteiger partial charge in [0, 0.05) is 11.7 Å². The SMILES string of the molecule is Cc1cccc(C)c1NC(=O)Nc1cc2ccccc2cc1C(=O)N(CC(=O)OCc1ccccc1)C1CCCC1. The number of rotatable bonds is 8. The molecular formula is C34H35N3O4. The Morgan fingerprint density at radius 3 is 2.12 bits per heavy atom. The molecule has 41 heavy (non-hydrogen) atoms. The predicted octanol–water partition coefficient (Wildman–Crippen LogP) is 7.23. The van der Waals surface area contributed by atoms with Crippen LogP contribution in [0, 0.1) is 13.8 Å². The highest BCUT2D eigenvalue weighted by molar-refractivity contribution is 6.10. The van der Waals surface area contributed by atoms with Gasteiger partial charge in [-0.25, -0.2) is 4.79 Å². The molecule has 4 aromatic rings. The molecule has 1 aliphatic rings. The Bertz CT molecular complexity index is 1540. The maximum atomic E-state index is 14.2. The Balaban J connectivity index is 1.42. The second-order valence-electron chi connectivity index (χ2n) is 10.6. The van der Waals surface area contributed by atoms with Crippen molar-refractivity contribution in [2.45, 2.75) is 52.2 Å². The van der Waals surface area contributed by atoms with Gasteiger partial charge in [0.25, 0.3) is 5.91 Å². The fourth-order valence-corrected chi connectivity index (χ4v) is 5.46. The number of aryl methyl sites for hydroxylation is 2. The highest BCUT2D eigenvalue weighted by Crippen LogP contribution is 2.30. The van der Waals surface area contributed by atoms with Gasteiger partial charge in [-0.2, -0.15) is 0 Å². The van der Waals surface area contributed by atoms with Gasteiger partial charge in [-0.1, -0.05) is 85.6 Å². The number of anilines is 2. The van der Waals surface area contributed by atoms with Crippen molar-refractivity contribution in [3.63, 3.8) is 0 Å². The number of nitrogens with zero attached hydrogens (tertiary/aromatic N) is 1. The summed E-state index contributed by atoms with van der Waals surface area (Å²) in [6.45, 7) is 3.86. The average molecular weight is 550 g/mol. The first-order valence-corrected chi connectivity index (χ1v) is 14.1. The zero-order valence-corrected chi connectivity index (χ0v) is 23.5. The number of nitrogens with one attached hydrogen (secondary N) is 2. The molecule has 4 aromatic carbocycles. The van der Waals surface area contributed by atoms with E-state index in [9.17, 15) is 14.4 Å². The first kappa shape index (κ1) is 27.9. The molecule has 3 amide bonds. The maximum Gasteiger partial charge on any atom is 0.325 e. The zero-order chi connectivity index (χ0) is 28.8. The normalized spacial score (nSPS) is 13.1. The van der Waals surface area contributed by atoms with Crippen LogP contribution in [-0.2, 0) is 16.1 Å². The first-order valence-electron chi connectivity index (χ1n) is 14.1. The zero-order valence-electron chi connectivity index (χ0n) is 23.5. The largest absolute Gasteiger partial charge is 0.459 e. The van der Waals surface area contributed by atoms with Crippen LogP contribution in [0.4, 0.5) is 16.2 Å². The molecule has 210 valence electrons. The summed E-state index contributed by atoms with van der Waals surface area (Å²) in [5, 5.41) is 7.62. The Morgan fingerprint density at radius 1 is 0.805 bits per heavy atom. The summed E-state index contributed by atoms with van der Waals surface area (Å²) in [6, 6.07) is 26.1. The van der Waals surface area contributed by atoms with Crippen molar-refractivity contribution in [3.05, 3.63) is 107 Å². The van der Waals surface area contributed by atoms with Gasteiger partial charge in [0.1, 0.15) is 13.2 Å². The van der Waals surface area contributed by atoms with Gasteiger partial charge < -0.3 is 20.3 Å². The number of hydrogen-bond acceptors (Lipinski definition) is 4. The number of ether oxygens (including phenoxy) is 1. The number of amides is 3. The van der Waals surface area contributed by atoms with E-state index in [2.05, 4.69) is 10.6 Å². The summed E-state index contributed by atoms with van der Waals surface area (Å²) in [6.07, 6.45) is 3.63. The minimum Gasteiger partial charge on any atom is -0.459 e. The van der Waals surface area contributed by atoms with Crippen LogP contribution < -0.4 is 10.6 Å². The highest BCUT2D eigenvalue weighted by Gasteiger charge is 2.31. The number of carbonyl (C=O) groups is 3. The van der Waals surface area contributed by atoms with Gasteiger partial charge in [-0.15, -0.1) is 0 Å². The number of hydrogen-bond donors (Lipinski definition) is 2. The van der Waals surface area contributed by atoms with Crippen molar-refractivity contribution >= 4 is 40.1 Å². The highest BCUT2D eigenvalue weighted by atomic mass is 16.5.